The lowest BCUT2D eigenvalue weighted by Gasteiger charge is -2.17. The highest BCUT2D eigenvalue weighted by Gasteiger charge is 2.15. The Bertz CT molecular complexity index is 440. The summed E-state index contributed by atoms with van der Waals surface area (Å²) in [5, 5.41) is 9.71. The van der Waals surface area contributed by atoms with Crippen molar-refractivity contribution < 1.29 is 17.7 Å². The van der Waals surface area contributed by atoms with E-state index >= 15 is 0 Å². The van der Waals surface area contributed by atoms with Crippen molar-refractivity contribution in [2.45, 2.75) is 26.1 Å². The minimum Gasteiger partial charge on any atom is -0.386 e. The van der Waals surface area contributed by atoms with Crippen LogP contribution in [0.5, 0.6) is 0 Å². The van der Waals surface area contributed by atoms with Crippen LogP contribution in [0.25, 0.3) is 0 Å². The largest absolute Gasteiger partial charge is 0.386 e. The van der Waals surface area contributed by atoms with Gasteiger partial charge in [-0.15, -0.1) is 0 Å². The maximum atomic E-state index is 10.8. The average molecular weight is 244 g/mol. The van der Waals surface area contributed by atoms with E-state index in [1.807, 2.05) is 0 Å². The molecule has 16 heavy (non-hydrogen) atoms. The van der Waals surface area contributed by atoms with Crippen LogP contribution >= 0.6 is 0 Å². The van der Waals surface area contributed by atoms with E-state index in [1.165, 1.54) is 0 Å². The number of benzene rings is 1. The molecule has 0 atom stereocenters. The predicted molar refractivity (Wildman–Crippen MR) is 61.3 cm³/mol. The summed E-state index contributed by atoms with van der Waals surface area (Å²) in [4.78, 5) is 0. The summed E-state index contributed by atoms with van der Waals surface area (Å²) in [7, 11) is -3.41. The first-order valence-electron chi connectivity index (χ1n) is 4.85. The molecular weight excluding hydrogens is 228 g/mol. The molecule has 0 spiro atoms. The summed E-state index contributed by atoms with van der Waals surface area (Å²) in [5.41, 5.74) is 0.630. The summed E-state index contributed by atoms with van der Waals surface area (Å²) < 4.78 is 26.2. The van der Waals surface area contributed by atoms with Crippen LogP contribution in [-0.2, 0) is 26.5 Å². The van der Waals surface area contributed by atoms with Crippen LogP contribution in [0, 0.1) is 0 Å². The average Bonchev–Trinajstić information content (AvgIpc) is 2.13. The zero-order valence-corrected chi connectivity index (χ0v) is 10.4. The van der Waals surface area contributed by atoms with Gasteiger partial charge in [-0.05, 0) is 25.0 Å². The van der Waals surface area contributed by atoms with E-state index in [0.29, 0.717) is 0 Å². The fourth-order valence-corrected chi connectivity index (χ4v) is 1.53. The van der Waals surface area contributed by atoms with Gasteiger partial charge in [-0.1, -0.05) is 24.3 Å². The molecule has 0 aromatic heterocycles. The van der Waals surface area contributed by atoms with Crippen LogP contribution < -0.4 is 0 Å². The van der Waals surface area contributed by atoms with Gasteiger partial charge in [-0.3, -0.25) is 4.18 Å². The lowest BCUT2D eigenvalue weighted by atomic mass is 9.97. The Morgan fingerprint density at radius 2 is 1.75 bits per heavy atom. The topological polar surface area (TPSA) is 63.6 Å². The van der Waals surface area contributed by atoms with Crippen molar-refractivity contribution in [1.82, 2.24) is 0 Å². The van der Waals surface area contributed by atoms with Crippen molar-refractivity contribution in [2.24, 2.45) is 0 Å². The van der Waals surface area contributed by atoms with Gasteiger partial charge in [0, 0.05) is 0 Å². The Hall–Kier alpha value is -0.910. The molecule has 0 amide bonds. The number of aliphatic hydroxyl groups is 1. The van der Waals surface area contributed by atoms with Crippen LogP contribution in [0.4, 0.5) is 0 Å². The van der Waals surface area contributed by atoms with Crippen LogP contribution in [0.15, 0.2) is 24.3 Å². The van der Waals surface area contributed by atoms with Gasteiger partial charge in [0.05, 0.1) is 18.5 Å². The molecule has 0 aliphatic rings. The zero-order valence-electron chi connectivity index (χ0n) is 9.60. The monoisotopic (exact) mass is 244 g/mol. The molecule has 0 heterocycles. The Morgan fingerprint density at radius 1 is 1.25 bits per heavy atom. The van der Waals surface area contributed by atoms with Crippen molar-refractivity contribution in [3.05, 3.63) is 35.4 Å². The minimum absolute atomic E-state index is 0.0188. The lowest BCUT2D eigenvalue weighted by Crippen LogP contribution is -2.15. The SMILES string of the molecule is CC(C)(O)c1ccc(COS(C)(=O)=O)cc1. The molecule has 0 bridgehead atoms. The fourth-order valence-electron chi connectivity index (χ4n) is 1.18. The van der Waals surface area contributed by atoms with Gasteiger partial charge in [0.1, 0.15) is 0 Å². The Labute approximate surface area is 96.0 Å². The quantitative estimate of drug-likeness (QED) is 0.813. The zero-order chi connectivity index (χ0) is 12.4. The molecule has 1 aromatic carbocycles. The highest BCUT2D eigenvalue weighted by molar-refractivity contribution is 7.85. The molecule has 0 saturated heterocycles. The van der Waals surface area contributed by atoms with Crippen LogP contribution in [0.1, 0.15) is 25.0 Å². The minimum atomic E-state index is -3.41. The van der Waals surface area contributed by atoms with E-state index in [2.05, 4.69) is 4.18 Å². The maximum absolute atomic E-state index is 10.8. The molecule has 0 radical (unpaired) electrons. The Balaban J connectivity index is 2.73. The summed E-state index contributed by atoms with van der Waals surface area (Å²) in [6.45, 7) is 3.40. The van der Waals surface area contributed by atoms with Crippen LogP contribution in [0.2, 0.25) is 0 Å². The molecule has 4 nitrogen and oxygen atoms in total. The van der Waals surface area contributed by atoms with E-state index in [-0.39, 0.29) is 6.61 Å². The van der Waals surface area contributed by atoms with Crippen molar-refractivity contribution in [3.63, 3.8) is 0 Å². The number of hydrogen-bond acceptors (Lipinski definition) is 4. The van der Waals surface area contributed by atoms with E-state index in [9.17, 15) is 13.5 Å². The first-order valence-corrected chi connectivity index (χ1v) is 6.66. The number of rotatable bonds is 4. The molecule has 0 aliphatic carbocycles. The predicted octanol–water partition coefficient (Wildman–Crippen LogP) is 1.39. The molecule has 0 aliphatic heterocycles. The van der Waals surface area contributed by atoms with E-state index in [1.54, 1.807) is 38.1 Å². The number of hydrogen-bond donors (Lipinski definition) is 1. The van der Waals surface area contributed by atoms with Gasteiger partial charge in [-0.2, -0.15) is 8.42 Å². The van der Waals surface area contributed by atoms with Crippen molar-refractivity contribution >= 4 is 10.1 Å². The second-order valence-corrected chi connectivity index (χ2v) is 5.87. The van der Waals surface area contributed by atoms with Gasteiger partial charge in [0.25, 0.3) is 10.1 Å². The van der Waals surface area contributed by atoms with Crippen molar-refractivity contribution in [1.29, 1.82) is 0 Å². The highest BCUT2D eigenvalue weighted by atomic mass is 32.2. The Kier molecular flexibility index (Phi) is 3.72. The highest BCUT2D eigenvalue weighted by Crippen LogP contribution is 2.19. The summed E-state index contributed by atoms with van der Waals surface area (Å²) >= 11 is 0. The van der Waals surface area contributed by atoms with Gasteiger partial charge in [-0.25, -0.2) is 0 Å². The third-order valence-corrected chi connectivity index (χ3v) is 2.65. The Morgan fingerprint density at radius 3 is 2.12 bits per heavy atom. The third kappa shape index (κ3) is 4.30. The lowest BCUT2D eigenvalue weighted by molar-refractivity contribution is 0.0785. The first-order chi connectivity index (χ1) is 7.18. The molecule has 90 valence electrons. The third-order valence-electron chi connectivity index (χ3n) is 2.10. The molecule has 5 heteroatoms. The van der Waals surface area contributed by atoms with Gasteiger partial charge < -0.3 is 5.11 Å². The fraction of sp³-hybridized carbons (Fsp3) is 0.455. The van der Waals surface area contributed by atoms with Crippen molar-refractivity contribution in [2.75, 3.05) is 6.26 Å². The van der Waals surface area contributed by atoms with Gasteiger partial charge >= 0.3 is 0 Å². The summed E-state index contributed by atoms with van der Waals surface area (Å²) in [5.74, 6) is 0. The summed E-state index contributed by atoms with van der Waals surface area (Å²) in [6, 6.07) is 6.97. The molecule has 1 aromatic rings. The van der Waals surface area contributed by atoms with E-state index in [4.69, 9.17) is 0 Å². The molecule has 0 unspecified atom stereocenters. The second-order valence-electron chi connectivity index (χ2n) is 4.22. The molecule has 1 N–H and O–H groups in total. The van der Waals surface area contributed by atoms with E-state index < -0.39 is 15.7 Å². The van der Waals surface area contributed by atoms with Crippen molar-refractivity contribution in [3.8, 4) is 0 Å². The maximum Gasteiger partial charge on any atom is 0.264 e. The first kappa shape index (κ1) is 13.2. The molecule has 1 rings (SSSR count). The standard InChI is InChI=1S/C11H16O4S/c1-11(2,12)10-6-4-9(5-7-10)8-15-16(3,13)14/h4-7,12H,8H2,1-3H3. The second kappa shape index (κ2) is 4.53. The summed E-state index contributed by atoms with van der Waals surface area (Å²) in [6.07, 6.45) is 1.01. The smallest absolute Gasteiger partial charge is 0.264 e. The van der Waals surface area contributed by atoms with Crippen LogP contribution in [0.3, 0.4) is 0 Å². The van der Waals surface area contributed by atoms with Gasteiger partial charge in [0.2, 0.25) is 0 Å². The normalized spacial score (nSPS) is 12.8. The van der Waals surface area contributed by atoms with Crippen LogP contribution in [-0.4, -0.2) is 19.8 Å². The molecule has 0 saturated carbocycles. The molecule has 0 fully saturated rings. The molecular formula is C11H16O4S. The van der Waals surface area contributed by atoms with E-state index in [0.717, 1.165) is 17.4 Å². The van der Waals surface area contributed by atoms with Gasteiger partial charge in [0.15, 0.2) is 0 Å².